The Hall–Kier alpha value is -0.970. The maximum absolute atomic E-state index is 10.4. The molecular weight excluding hydrogens is 334 g/mol. The number of nitrogens with one attached hydrogen (secondary N) is 1. The van der Waals surface area contributed by atoms with E-state index in [9.17, 15) is 4.79 Å². The third-order valence-corrected chi connectivity index (χ3v) is 3.64. The third-order valence-electron chi connectivity index (χ3n) is 3.64. The highest BCUT2D eigenvalue weighted by atomic mass is 16.6. The number of aliphatic hydroxyl groups is 1. The Kier molecular flexibility index (Phi) is 13.5. The molecule has 1 fully saturated rings. The minimum absolute atomic E-state index is 0.0273. The highest BCUT2D eigenvalue weighted by molar-refractivity contribution is 5.65. The molecule has 3 N–H and O–H groups in total. The second kappa shape index (κ2) is 15.3. The second-order valence-electron chi connectivity index (χ2n) is 5.73. The van der Waals surface area contributed by atoms with Crippen LogP contribution >= 0.6 is 0 Å². The second-order valence-corrected chi connectivity index (χ2v) is 5.73. The molecule has 9 heteroatoms. The molecule has 0 aromatic heterocycles. The Morgan fingerprint density at radius 3 is 1.68 bits per heavy atom. The molecule has 1 aliphatic rings. The molecule has 1 rings (SSSR count). The average Bonchev–Trinajstić information content (AvgIpc) is 2.55. The summed E-state index contributed by atoms with van der Waals surface area (Å²) >= 11 is 0. The molecule has 0 spiro atoms. The van der Waals surface area contributed by atoms with Gasteiger partial charge in [0, 0.05) is 12.6 Å². The van der Waals surface area contributed by atoms with E-state index in [0.717, 1.165) is 12.8 Å². The smallest absolute Gasteiger partial charge is 0.404 e. The molecule has 0 atom stereocenters. The summed E-state index contributed by atoms with van der Waals surface area (Å²) < 4.78 is 26.6. The van der Waals surface area contributed by atoms with Gasteiger partial charge in [0.15, 0.2) is 0 Å². The molecule has 25 heavy (non-hydrogen) atoms. The highest BCUT2D eigenvalue weighted by Gasteiger charge is 2.30. The van der Waals surface area contributed by atoms with Crippen molar-refractivity contribution in [1.82, 2.24) is 5.32 Å². The third kappa shape index (κ3) is 13.0. The molecule has 0 bridgehead atoms. The quantitative estimate of drug-likeness (QED) is 0.311. The summed E-state index contributed by atoms with van der Waals surface area (Å²) in [5, 5.41) is 19.5. The van der Waals surface area contributed by atoms with Crippen LogP contribution in [0.4, 0.5) is 4.79 Å². The molecule has 1 amide bonds. The lowest BCUT2D eigenvalue weighted by atomic mass is 9.81. The van der Waals surface area contributed by atoms with E-state index in [1.54, 1.807) is 0 Å². The van der Waals surface area contributed by atoms with E-state index in [1.807, 2.05) is 0 Å². The zero-order valence-electron chi connectivity index (χ0n) is 14.7. The van der Waals surface area contributed by atoms with Crippen molar-refractivity contribution in [2.24, 2.45) is 5.92 Å². The molecule has 1 saturated carbocycles. The standard InChI is InChI=1S/C16H31NO8/c18-1-2-21-3-4-22-5-6-23-7-8-24-9-10-25-13-14-11-15(12-14)17-16(19)20/h14-15,17-18H,1-13H2,(H,19,20). The summed E-state index contributed by atoms with van der Waals surface area (Å²) in [4.78, 5) is 10.4. The van der Waals surface area contributed by atoms with Crippen molar-refractivity contribution in [2.45, 2.75) is 18.9 Å². The molecular formula is C16H31NO8. The van der Waals surface area contributed by atoms with Crippen LogP contribution in [0.5, 0.6) is 0 Å². The topological polar surface area (TPSA) is 116 Å². The van der Waals surface area contributed by atoms with E-state index >= 15 is 0 Å². The molecule has 9 nitrogen and oxygen atoms in total. The Labute approximate surface area is 148 Å². The van der Waals surface area contributed by atoms with Gasteiger partial charge in [-0.2, -0.15) is 0 Å². The van der Waals surface area contributed by atoms with Crippen LogP contribution in [-0.4, -0.2) is 95.0 Å². The Morgan fingerprint density at radius 1 is 0.800 bits per heavy atom. The van der Waals surface area contributed by atoms with Crippen LogP contribution in [0.2, 0.25) is 0 Å². The van der Waals surface area contributed by atoms with Crippen molar-refractivity contribution >= 4 is 6.09 Å². The first-order valence-corrected chi connectivity index (χ1v) is 8.71. The van der Waals surface area contributed by atoms with Gasteiger partial charge in [0.25, 0.3) is 0 Å². The lowest BCUT2D eigenvalue weighted by Crippen LogP contribution is -2.45. The number of hydrogen-bond donors (Lipinski definition) is 3. The molecule has 0 radical (unpaired) electrons. The van der Waals surface area contributed by atoms with Crippen LogP contribution in [0.25, 0.3) is 0 Å². The van der Waals surface area contributed by atoms with E-state index in [0.29, 0.717) is 72.0 Å². The van der Waals surface area contributed by atoms with Gasteiger partial charge in [-0.3, -0.25) is 0 Å². The summed E-state index contributed by atoms with van der Waals surface area (Å²) in [7, 11) is 0. The van der Waals surface area contributed by atoms with Crippen molar-refractivity contribution in [3.63, 3.8) is 0 Å². The molecule has 0 unspecified atom stereocenters. The maximum Gasteiger partial charge on any atom is 0.404 e. The van der Waals surface area contributed by atoms with Gasteiger partial charge >= 0.3 is 6.09 Å². The van der Waals surface area contributed by atoms with Crippen molar-refractivity contribution in [2.75, 3.05) is 72.7 Å². The van der Waals surface area contributed by atoms with Crippen molar-refractivity contribution in [3.8, 4) is 0 Å². The summed E-state index contributed by atoms with van der Waals surface area (Å²) in [6.45, 7) is 5.06. The lowest BCUT2D eigenvalue weighted by Gasteiger charge is -2.34. The number of rotatable bonds is 17. The zero-order valence-corrected chi connectivity index (χ0v) is 14.7. The van der Waals surface area contributed by atoms with Gasteiger partial charge in [0.2, 0.25) is 0 Å². The Balaban J connectivity index is 1.68. The number of aliphatic hydroxyl groups excluding tert-OH is 1. The predicted molar refractivity (Wildman–Crippen MR) is 88.9 cm³/mol. The van der Waals surface area contributed by atoms with Crippen molar-refractivity contribution in [1.29, 1.82) is 0 Å². The summed E-state index contributed by atoms with van der Waals surface area (Å²) in [6, 6.07) is 0.0801. The summed E-state index contributed by atoms with van der Waals surface area (Å²) in [5.41, 5.74) is 0. The fourth-order valence-electron chi connectivity index (χ4n) is 2.36. The number of ether oxygens (including phenoxy) is 5. The van der Waals surface area contributed by atoms with Gasteiger partial charge in [0.1, 0.15) is 0 Å². The fraction of sp³-hybridized carbons (Fsp3) is 0.938. The van der Waals surface area contributed by atoms with Crippen LogP contribution in [0.3, 0.4) is 0 Å². The van der Waals surface area contributed by atoms with Gasteiger partial charge in [-0.05, 0) is 18.8 Å². The van der Waals surface area contributed by atoms with Crippen LogP contribution < -0.4 is 5.32 Å². The van der Waals surface area contributed by atoms with Crippen LogP contribution in [-0.2, 0) is 23.7 Å². The molecule has 0 saturated heterocycles. The molecule has 1 aliphatic carbocycles. The normalized spacial score (nSPS) is 19.6. The SMILES string of the molecule is O=C(O)NC1CC(COCCOCCOCCOCCOCCO)C1. The predicted octanol–water partition coefficient (Wildman–Crippen LogP) is 0.108. The maximum atomic E-state index is 10.4. The van der Waals surface area contributed by atoms with Crippen molar-refractivity contribution < 1.29 is 38.7 Å². The van der Waals surface area contributed by atoms with E-state index in [4.69, 9.17) is 33.9 Å². The van der Waals surface area contributed by atoms with Gasteiger partial charge in [-0.25, -0.2) is 4.79 Å². The van der Waals surface area contributed by atoms with Gasteiger partial charge in [0.05, 0.1) is 66.1 Å². The number of carbonyl (C=O) groups is 1. The first-order chi connectivity index (χ1) is 12.2. The summed E-state index contributed by atoms with van der Waals surface area (Å²) in [5.74, 6) is 0.439. The number of hydrogen-bond acceptors (Lipinski definition) is 7. The van der Waals surface area contributed by atoms with Crippen LogP contribution in [0.15, 0.2) is 0 Å². The highest BCUT2D eigenvalue weighted by Crippen LogP contribution is 2.27. The summed E-state index contributed by atoms with van der Waals surface area (Å²) in [6.07, 6.45) is 0.728. The van der Waals surface area contributed by atoms with Crippen molar-refractivity contribution in [3.05, 3.63) is 0 Å². The van der Waals surface area contributed by atoms with E-state index in [2.05, 4.69) is 5.32 Å². The number of carboxylic acid groups (broad SMARTS) is 1. The van der Waals surface area contributed by atoms with Crippen LogP contribution in [0, 0.1) is 5.92 Å². The van der Waals surface area contributed by atoms with Gasteiger partial charge in [-0.15, -0.1) is 0 Å². The van der Waals surface area contributed by atoms with E-state index in [1.165, 1.54) is 0 Å². The fourth-order valence-corrected chi connectivity index (χ4v) is 2.36. The first kappa shape index (κ1) is 22.1. The average molecular weight is 365 g/mol. The van der Waals surface area contributed by atoms with E-state index in [-0.39, 0.29) is 12.6 Å². The lowest BCUT2D eigenvalue weighted by molar-refractivity contribution is -0.0192. The molecule has 0 aromatic carbocycles. The molecule has 0 heterocycles. The van der Waals surface area contributed by atoms with Crippen LogP contribution in [0.1, 0.15) is 12.8 Å². The zero-order chi connectivity index (χ0) is 18.2. The molecule has 0 aliphatic heterocycles. The Morgan fingerprint density at radius 2 is 1.24 bits per heavy atom. The minimum atomic E-state index is -0.960. The van der Waals surface area contributed by atoms with Gasteiger partial charge in [-0.1, -0.05) is 0 Å². The Bertz CT molecular complexity index is 325. The monoisotopic (exact) mass is 365 g/mol. The largest absolute Gasteiger partial charge is 0.465 e. The molecule has 0 aromatic rings. The van der Waals surface area contributed by atoms with E-state index < -0.39 is 6.09 Å². The van der Waals surface area contributed by atoms with Gasteiger partial charge < -0.3 is 39.2 Å². The minimum Gasteiger partial charge on any atom is -0.465 e. The first-order valence-electron chi connectivity index (χ1n) is 8.71. The molecule has 148 valence electrons. The number of amides is 1.